The van der Waals surface area contributed by atoms with Gasteiger partial charge in [0, 0.05) is 6.20 Å². The Morgan fingerprint density at radius 2 is 2.19 bits per heavy atom. The van der Waals surface area contributed by atoms with Crippen LogP contribution in [-0.2, 0) is 11.3 Å². The molecule has 2 aromatic heterocycles. The molecule has 7 nitrogen and oxygen atoms in total. The van der Waals surface area contributed by atoms with Crippen molar-refractivity contribution in [3.63, 3.8) is 0 Å². The topological polar surface area (TPSA) is 78.0 Å². The van der Waals surface area contributed by atoms with Crippen LogP contribution in [0.2, 0.25) is 0 Å². The Kier molecular flexibility index (Phi) is 3.04. The van der Waals surface area contributed by atoms with Crippen LogP contribution in [0.25, 0.3) is 11.4 Å². The highest BCUT2D eigenvalue weighted by Crippen LogP contribution is 2.32. The van der Waals surface area contributed by atoms with Gasteiger partial charge in [0.2, 0.25) is 0 Å². The first-order chi connectivity index (χ1) is 10.3. The Labute approximate surface area is 122 Å². The average molecular weight is 289 g/mol. The third-order valence-electron chi connectivity index (χ3n) is 4.51. The van der Waals surface area contributed by atoms with Crippen molar-refractivity contribution in [2.75, 3.05) is 19.8 Å². The molecule has 2 aromatic rings. The van der Waals surface area contributed by atoms with Crippen LogP contribution in [0.3, 0.4) is 0 Å². The van der Waals surface area contributed by atoms with Gasteiger partial charge in [-0.05, 0) is 25.3 Å². The van der Waals surface area contributed by atoms with Crippen LogP contribution in [-0.4, -0.2) is 49.7 Å². The second-order valence-corrected chi connectivity index (χ2v) is 6.22. The van der Waals surface area contributed by atoms with Crippen LogP contribution in [0, 0.1) is 5.41 Å². The summed E-state index contributed by atoms with van der Waals surface area (Å²) in [4.78, 5) is 0. The summed E-state index contributed by atoms with van der Waals surface area (Å²) in [7, 11) is 0. The van der Waals surface area contributed by atoms with Gasteiger partial charge in [-0.15, -0.1) is 5.10 Å². The maximum Gasteiger partial charge on any atom is 0.133 e. The fraction of sp³-hybridized carbons (Fsp3) is 0.643. The summed E-state index contributed by atoms with van der Waals surface area (Å²) in [5.41, 5.74) is 1.44. The van der Waals surface area contributed by atoms with Crippen LogP contribution in [0.5, 0.6) is 0 Å². The number of aliphatic hydroxyl groups excluding tert-OH is 1. The molecule has 1 aliphatic heterocycles. The molecule has 0 bridgehead atoms. The molecular weight excluding hydrogens is 270 g/mol. The Bertz CT molecular complexity index is 621. The first kappa shape index (κ1) is 13.0. The summed E-state index contributed by atoms with van der Waals surface area (Å²) in [5.74, 6) is 0. The zero-order valence-corrected chi connectivity index (χ0v) is 11.9. The van der Waals surface area contributed by atoms with Crippen LogP contribution in [0.4, 0.5) is 0 Å². The Morgan fingerprint density at radius 1 is 1.33 bits per heavy atom. The summed E-state index contributed by atoms with van der Waals surface area (Å²) in [6, 6.07) is 2.54. The Hall–Kier alpha value is -1.73. The predicted molar refractivity (Wildman–Crippen MR) is 74.5 cm³/mol. The molecule has 0 amide bonds. The first-order valence-electron chi connectivity index (χ1n) is 7.42. The molecule has 0 radical (unpaired) electrons. The molecule has 21 heavy (non-hydrogen) atoms. The number of hydrogen-bond acceptors (Lipinski definition) is 5. The van der Waals surface area contributed by atoms with Crippen molar-refractivity contribution in [2.24, 2.45) is 5.41 Å². The molecule has 4 rings (SSSR count). The zero-order chi connectivity index (χ0) is 14.3. The molecule has 0 unspecified atom stereocenters. The van der Waals surface area contributed by atoms with E-state index >= 15 is 0 Å². The summed E-state index contributed by atoms with van der Waals surface area (Å²) in [6.45, 7) is 1.89. The highest BCUT2D eigenvalue weighted by molar-refractivity contribution is 5.51. The maximum absolute atomic E-state index is 9.46. The van der Waals surface area contributed by atoms with E-state index in [-0.39, 0.29) is 12.0 Å². The van der Waals surface area contributed by atoms with Gasteiger partial charge in [-0.25, -0.2) is 0 Å². The monoisotopic (exact) mass is 289 g/mol. The molecule has 112 valence electrons. The number of ether oxygens (including phenoxy) is 1. The average Bonchev–Trinajstić information content (AvgIpc) is 3.00. The Morgan fingerprint density at radius 3 is 2.81 bits per heavy atom. The lowest BCUT2D eigenvalue weighted by molar-refractivity contribution is -0.146. The minimum Gasteiger partial charge on any atom is -0.396 e. The van der Waals surface area contributed by atoms with Gasteiger partial charge >= 0.3 is 0 Å². The molecule has 1 aliphatic carbocycles. The van der Waals surface area contributed by atoms with E-state index < -0.39 is 0 Å². The molecule has 1 saturated carbocycles. The molecule has 0 spiro atoms. The number of hydrogen-bond donors (Lipinski definition) is 1. The normalized spacial score (nSPS) is 21.0. The summed E-state index contributed by atoms with van der Waals surface area (Å²) in [6.07, 6.45) is 7.64. The SMILES string of the molecule is OCC1(Cn2cc(-c3ccn(C4CCC4)n3)nn2)COC1. The number of aliphatic hydroxyl groups is 1. The molecule has 2 fully saturated rings. The molecule has 3 heterocycles. The van der Waals surface area contributed by atoms with Crippen LogP contribution in [0.15, 0.2) is 18.5 Å². The maximum atomic E-state index is 9.46. The van der Waals surface area contributed by atoms with Crippen molar-refractivity contribution in [1.29, 1.82) is 0 Å². The molecule has 0 atom stereocenters. The van der Waals surface area contributed by atoms with Gasteiger partial charge in [0.1, 0.15) is 11.4 Å². The first-order valence-corrected chi connectivity index (χ1v) is 7.42. The Balaban J connectivity index is 1.49. The summed E-state index contributed by atoms with van der Waals surface area (Å²) >= 11 is 0. The van der Waals surface area contributed by atoms with Gasteiger partial charge in [-0.2, -0.15) is 5.10 Å². The second-order valence-electron chi connectivity index (χ2n) is 6.22. The zero-order valence-electron chi connectivity index (χ0n) is 11.9. The number of rotatable bonds is 5. The van der Waals surface area contributed by atoms with E-state index in [4.69, 9.17) is 4.74 Å². The third-order valence-corrected chi connectivity index (χ3v) is 4.51. The van der Waals surface area contributed by atoms with Gasteiger partial charge in [-0.3, -0.25) is 9.36 Å². The molecule has 0 aromatic carbocycles. The van der Waals surface area contributed by atoms with Crippen LogP contribution in [0.1, 0.15) is 25.3 Å². The van der Waals surface area contributed by atoms with Gasteiger partial charge in [-0.1, -0.05) is 5.21 Å². The highest BCUT2D eigenvalue weighted by atomic mass is 16.5. The van der Waals surface area contributed by atoms with Crippen molar-refractivity contribution < 1.29 is 9.84 Å². The van der Waals surface area contributed by atoms with Gasteiger partial charge in [0.15, 0.2) is 0 Å². The summed E-state index contributed by atoms with van der Waals surface area (Å²) < 4.78 is 9.01. The lowest BCUT2D eigenvalue weighted by Gasteiger charge is -2.39. The minimum absolute atomic E-state index is 0.110. The summed E-state index contributed by atoms with van der Waals surface area (Å²) in [5, 5.41) is 22.4. The fourth-order valence-electron chi connectivity index (χ4n) is 2.79. The van der Waals surface area contributed by atoms with E-state index in [9.17, 15) is 5.11 Å². The van der Waals surface area contributed by atoms with E-state index in [0.29, 0.717) is 25.8 Å². The van der Waals surface area contributed by atoms with Gasteiger partial charge in [0.05, 0.1) is 44.0 Å². The highest BCUT2D eigenvalue weighted by Gasteiger charge is 2.39. The van der Waals surface area contributed by atoms with Crippen molar-refractivity contribution in [3.8, 4) is 11.4 Å². The van der Waals surface area contributed by atoms with Crippen LogP contribution < -0.4 is 0 Å². The smallest absolute Gasteiger partial charge is 0.133 e. The quantitative estimate of drug-likeness (QED) is 0.884. The van der Waals surface area contributed by atoms with Gasteiger partial charge < -0.3 is 9.84 Å². The van der Waals surface area contributed by atoms with E-state index in [1.165, 1.54) is 19.3 Å². The molecule has 2 aliphatic rings. The molecule has 1 saturated heterocycles. The predicted octanol–water partition coefficient (Wildman–Crippen LogP) is 0.875. The lowest BCUT2D eigenvalue weighted by atomic mass is 9.87. The van der Waals surface area contributed by atoms with Crippen molar-refractivity contribution in [3.05, 3.63) is 18.5 Å². The van der Waals surface area contributed by atoms with Crippen LogP contribution >= 0.6 is 0 Å². The second kappa shape index (κ2) is 4.92. The number of aromatic nitrogens is 5. The standard InChI is InChI=1S/C14H19N5O2/c20-8-14(9-21-10-14)7-18-6-13(15-17-18)12-4-5-19(16-12)11-2-1-3-11/h4-6,11,20H,1-3,7-10H2. The van der Waals surface area contributed by atoms with E-state index in [2.05, 4.69) is 15.4 Å². The van der Waals surface area contributed by atoms with E-state index in [1.54, 1.807) is 4.68 Å². The fourth-order valence-corrected chi connectivity index (χ4v) is 2.79. The molecule has 1 N–H and O–H groups in total. The van der Waals surface area contributed by atoms with Crippen molar-refractivity contribution in [1.82, 2.24) is 24.8 Å². The minimum atomic E-state index is -0.198. The van der Waals surface area contributed by atoms with E-state index in [1.807, 2.05) is 23.1 Å². The molecule has 7 heteroatoms. The van der Waals surface area contributed by atoms with Crippen molar-refractivity contribution in [2.45, 2.75) is 31.8 Å². The van der Waals surface area contributed by atoms with Crippen molar-refractivity contribution >= 4 is 0 Å². The number of nitrogens with zero attached hydrogens (tertiary/aromatic N) is 5. The van der Waals surface area contributed by atoms with E-state index in [0.717, 1.165) is 11.4 Å². The molecular formula is C14H19N5O2. The van der Waals surface area contributed by atoms with Gasteiger partial charge in [0.25, 0.3) is 0 Å². The third kappa shape index (κ3) is 2.26. The largest absolute Gasteiger partial charge is 0.396 e. The lowest BCUT2D eigenvalue weighted by Crippen LogP contribution is -2.48.